The van der Waals surface area contributed by atoms with Crippen LogP contribution in [0.25, 0.3) is 11.2 Å². The van der Waals surface area contributed by atoms with Crippen molar-refractivity contribution in [3.63, 3.8) is 0 Å². The van der Waals surface area contributed by atoms with Gasteiger partial charge >= 0.3 is 5.69 Å². The number of aryl methyl sites for hydroxylation is 1. The van der Waals surface area contributed by atoms with Crippen LogP contribution in [0.3, 0.4) is 0 Å². The lowest BCUT2D eigenvalue weighted by atomic mass is 10.3. The topological polar surface area (TPSA) is 89.8 Å². The van der Waals surface area contributed by atoms with Crippen LogP contribution in [0.15, 0.2) is 15.9 Å². The van der Waals surface area contributed by atoms with Crippen LogP contribution in [-0.2, 0) is 18.4 Å². The van der Waals surface area contributed by atoms with Gasteiger partial charge in [0.15, 0.2) is 11.4 Å². The molecule has 2 rings (SSSR count). The van der Waals surface area contributed by atoms with E-state index < -0.39 is 11.2 Å². The predicted octanol–water partition coefficient (Wildman–Crippen LogP) is -0.598. The normalized spacial score (nSPS) is 10.9. The van der Waals surface area contributed by atoms with Crippen LogP contribution in [-0.4, -0.2) is 24.9 Å². The summed E-state index contributed by atoms with van der Waals surface area (Å²) in [6.45, 7) is 1.49. The Morgan fingerprint density at radius 3 is 2.82 bits per heavy atom. The zero-order valence-electron chi connectivity index (χ0n) is 9.56. The van der Waals surface area contributed by atoms with Crippen LogP contribution in [0, 0.1) is 0 Å². The molecule has 0 aliphatic carbocycles. The quantitative estimate of drug-likeness (QED) is 0.770. The zero-order valence-corrected chi connectivity index (χ0v) is 9.56. The SMILES string of the molecule is CCC(=O)Cn1c(=O)c2[nH]cnc2n(C)c1=O. The number of aromatic amines is 1. The number of carbonyl (C=O) groups is 1. The summed E-state index contributed by atoms with van der Waals surface area (Å²) in [6.07, 6.45) is 1.63. The number of rotatable bonds is 3. The Bertz CT molecular complexity index is 692. The highest BCUT2D eigenvalue weighted by molar-refractivity contribution is 5.78. The average Bonchev–Trinajstić information content (AvgIpc) is 2.80. The molecule has 0 aliphatic heterocycles. The summed E-state index contributed by atoms with van der Waals surface area (Å²) in [4.78, 5) is 41.7. The number of ketones is 1. The van der Waals surface area contributed by atoms with Gasteiger partial charge in [-0.15, -0.1) is 0 Å². The molecule has 2 heterocycles. The first-order valence-corrected chi connectivity index (χ1v) is 5.20. The van der Waals surface area contributed by atoms with E-state index in [0.29, 0.717) is 5.65 Å². The molecule has 7 heteroatoms. The summed E-state index contributed by atoms with van der Waals surface area (Å²) in [5, 5.41) is 0. The third-order valence-electron chi connectivity index (χ3n) is 2.64. The molecular weight excluding hydrogens is 224 g/mol. The minimum absolute atomic E-state index is 0.164. The van der Waals surface area contributed by atoms with Crippen molar-refractivity contribution < 1.29 is 4.79 Å². The highest BCUT2D eigenvalue weighted by atomic mass is 16.2. The minimum atomic E-state index is -0.531. The van der Waals surface area contributed by atoms with E-state index in [1.165, 1.54) is 17.9 Å². The van der Waals surface area contributed by atoms with Crippen LogP contribution in [0.4, 0.5) is 0 Å². The van der Waals surface area contributed by atoms with Crippen molar-refractivity contribution in [1.82, 2.24) is 19.1 Å². The molecule has 0 amide bonds. The van der Waals surface area contributed by atoms with Gasteiger partial charge in [-0.2, -0.15) is 0 Å². The van der Waals surface area contributed by atoms with E-state index in [0.717, 1.165) is 4.57 Å². The van der Waals surface area contributed by atoms with Crippen LogP contribution in [0.5, 0.6) is 0 Å². The van der Waals surface area contributed by atoms with Gasteiger partial charge in [0.1, 0.15) is 5.52 Å². The summed E-state index contributed by atoms with van der Waals surface area (Å²) in [5.74, 6) is -0.164. The van der Waals surface area contributed by atoms with Crippen LogP contribution in [0.1, 0.15) is 13.3 Å². The number of hydrogen-bond donors (Lipinski definition) is 1. The molecule has 0 atom stereocenters. The molecule has 0 unspecified atom stereocenters. The molecule has 0 bridgehead atoms. The minimum Gasteiger partial charge on any atom is -0.339 e. The Morgan fingerprint density at radius 1 is 1.47 bits per heavy atom. The fourth-order valence-corrected chi connectivity index (χ4v) is 1.62. The monoisotopic (exact) mass is 236 g/mol. The highest BCUT2D eigenvalue weighted by Crippen LogP contribution is 1.98. The van der Waals surface area contributed by atoms with Gasteiger partial charge in [-0.25, -0.2) is 9.78 Å². The average molecular weight is 236 g/mol. The zero-order chi connectivity index (χ0) is 12.6. The van der Waals surface area contributed by atoms with Crippen LogP contribution < -0.4 is 11.2 Å². The molecule has 0 saturated carbocycles. The maximum absolute atomic E-state index is 11.9. The molecule has 2 aromatic rings. The van der Waals surface area contributed by atoms with E-state index in [-0.39, 0.29) is 24.3 Å². The Kier molecular flexibility index (Phi) is 2.66. The van der Waals surface area contributed by atoms with E-state index in [1.54, 1.807) is 6.92 Å². The Hall–Kier alpha value is -2.18. The summed E-state index contributed by atoms with van der Waals surface area (Å²) in [6, 6.07) is 0. The van der Waals surface area contributed by atoms with Gasteiger partial charge in [0.25, 0.3) is 5.56 Å². The number of fused-ring (bicyclic) bond motifs is 1. The molecule has 0 aliphatic rings. The molecular formula is C10H12N4O3. The lowest BCUT2D eigenvalue weighted by Crippen LogP contribution is -2.40. The number of imidazole rings is 1. The molecule has 0 radical (unpaired) electrons. The first kappa shape index (κ1) is 11.3. The van der Waals surface area contributed by atoms with Crippen LogP contribution >= 0.6 is 0 Å². The fourth-order valence-electron chi connectivity index (χ4n) is 1.62. The van der Waals surface area contributed by atoms with Gasteiger partial charge in [0.2, 0.25) is 0 Å². The second kappa shape index (κ2) is 4.00. The molecule has 0 aromatic carbocycles. The van der Waals surface area contributed by atoms with Crippen LogP contribution in [0.2, 0.25) is 0 Å². The van der Waals surface area contributed by atoms with Gasteiger partial charge in [0, 0.05) is 13.5 Å². The smallest absolute Gasteiger partial charge is 0.332 e. The van der Waals surface area contributed by atoms with Crippen molar-refractivity contribution in [2.75, 3.05) is 0 Å². The number of nitrogens with one attached hydrogen (secondary N) is 1. The van der Waals surface area contributed by atoms with E-state index in [9.17, 15) is 14.4 Å². The van der Waals surface area contributed by atoms with Crippen molar-refractivity contribution in [3.05, 3.63) is 27.2 Å². The van der Waals surface area contributed by atoms with Gasteiger partial charge in [-0.05, 0) is 0 Å². The molecule has 0 saturated heterocycles. The van der Waals surface area contributed by atoms with E-state index >= 15 is 0 Å². The number of Topliss-reactive ketones (excluding diaryl/α,β-unsaturated/α-hetero) is 1. The summed E-state index contributed by atoms with van der Waals surface area (Å²) in [7, 11) is 1.51. The number of nitrogens with zero attached hydrogens (tertiary/aromatic N) is 3. The van der Waals surface area contributed by atoms with E-state index in [2.05, 4.69) is 9.97 Å². The van der Waals surface area contributed by atoms with Gasteiger partial charge in [0.05, 0.1) is 12.9 Å². The summed E-state index contributed by atoms with van der Waals surface area (Å²) >= 11 is 0. The largest absolute Gasteiger partial charge is 0.339 e. The second-order valence-electron chi connectivity index (χ2n) is 3.73. The van der Waals surface area contributed by atoms with Gasteiger partial charge in [-0.3, -0.25) is 18.7 Å². The van der Waals surface area contributed by atoms with Crippen molar-refractivity contribution in [3.8, 4) is 0 Å². The van der Waals surface area contributed by atoms with Crippen molar-refractivity contribution in [2.24, 2.45) is 7.05 Å². The van der Waals surface area contributed by atoms with Gasteiger partial charge in [-0.1, -0.05) is 6.92 Å². The Labute approximate surface area is 95.7 Å². The van der Waals surface area contributed by atoms with Crippen molar-refractivity contribution in [2.45, 2.75) is 19.9 Å². The molecule has 0 spiro atoms. The molecule has 0 fully saturated rings. The summed E-state index contributed by atoms with van der Waals surface area (Å²) < 4.78 is 2.17. The molecule has 2 aromatic heterocycles. The van der Waals surface area contributed by atoms with Crippen molar-refractivity contribution in [1.29, 1.82) is 0 Å². The predicted molar refractivity (Wildman–Crippen MR) is 60.9 cm³/mol. The van der Waals surface area contributed by atoms with E-state index in [4.69, 9.17) is 0 Å². The highest BCUT2D eigenvalue weighted by Gasteiger charge is 2.14. The molecule has 17 heavy (non-hydrogen) atoms. The Balaban J connectivity index is 2.75. The number of carbonyl (C=O) groups excluding carboxylic acids is 1. The fraction of sp³-hybridized carbons (Fsp3) is 0.400. The Morgan fingerprint density at radius 2 is 2.18 bits per heavy atom. The van der Waals surface area contributed by atoms with Gasteiger partial charge < -0.3 is 4.98 Å². The first-order valence-electron chi connectivity index (χ1n) is 5.20. The lowest BCUT2D eigenvalue weighted by molar-refractivity contribution is -0.119. The second-order valence-corrected chi connectivity index (χ2v) is 3.73. The molecule has 7 nitrogen and oxygen atoms in total. The number of hydrogen-bond acceptors (Lipinski definition) is 4. The first-order chi connectivity index (χ1) is 8.06. The third-order valence-corrected chi connectivity index (χ3v) is 2.64. The summed E-state index contributed by atoms with van der Waals surface area (Å²) in [5.41, 5.74) is -0.519. The van der Waals surface area contributed by atoms with E-state index in [1.807, 2.05) is 0 Å². The third kappa shape index (κ3) is 1.69. The standard InChI is InChI=1S/C10H12N4O3/c1-3-6(15)4-14-9(16)7-8(12-5-11-7)13(2)10(14)17/h5H,3-4H2,1-2H3,(H,11,12). The number of H-pyrrole nitrogens is 1. The maximum Gasteiger partial charge on any atom is 0.332 e. The molecule has 1 N–H and O–H groups in total. The number of aromatic nitrogens is 4. The maximum atomic E-state index is 11.9. The molecule has 90 valence electrons. The van der Waals surface area contributed by atoms with Crippen molar-refractivity contribution >= 4 is 16.9 Å². The lowest BCUT2D eigenvalue weighted by Gasteiger charge is -2.06.